The highest BCUT2D eigenvalue weighted by atomic mass is 16.2. The molecule has 0 N–H and O–H groups in total. The van der Waals surface area contributed by atoms with Crippen LogP contribution in [-0.4, -0.2) is 81.9 Å². The summed E-state index contributed by atoms with van der Waals surface area (Å²) in [5, 5.41) is 0. The lowest BCUT2D eigenvalue weighted by atomic mass is 9.72. The van der Waals surface area contributed by atoms with Gasteiger partial charge in [0.2, 0.25) is 11.8 Å². The summed E-state index contributed by atoms with van der Waals surface area (Å²) in [6, 6.07) is 0.0745. The highest BCUT2D eigenvalue weighted by Crippen LogP contribution is 2.40. The molecule has 7 nitrogen and oxygen atoms in total. The zero-order chi connectivity index (χ0) is 20.3. The fourth-order valence-corrected chi connectivity index (χ4v) is 5.38. The van der Waals surface area contributed by atoms with Crippen molar-refractivity contribution in [2.75, 3.05) is 39.8 Å². The molecule has 1 aromatic rings. The number of aryl methyl sites for hydroxylation is 1. The van der Waals surface area contributed by atoms with Gasteiger partial charge in [0.25, 0.3) is 0 Å². The molecule has 0 aliphatic carbocycles. The molecular weight excluding hydrogens is 366 g/mol. The minimum Gasteiger partial charge on any atom is -0.342 e. The van der Waals surface area contributed by atoms with E-state index in [0.717, 1.165) is 77.8 Å². The van der Waals surface area contributed by atoms with Gasteiger partial charge in [-0.25, -0.2) is 4.98 Å². The molecule has 0 aromatic carbocycles. The summed E-state index contributed by atoms with van der Waals surface area (Å²) in [6.07, 6.45) is 13.6. The van der Waals surface area contributed by atoms with Gasteiger partial charge in [-0.2, -0.15) is 0 Å². The van der Waals surface area contributed by atoms with E-state index < -0.39 is 0 Å². The SMILES string of the molecule is CN1CCCC[C@@H]1C(=O)N1CCC2(CCC(=O)N(CCCn3ccnc3)C2)CC1. The van der Waals surface area contributed by atoms with Crippen LogP contribution < -0.4 is 0 Å². The number of hydrogen-bond acceptors (Lipinski definition) is 4. The standard InChI is InChI=1S/C22H35N5O2/c1-24-11-3-2-5-19(24)21(29)26-14-8-22(9-15-26)7-6-20(28)27(17-22)13-4-12-25-16-10-23-18-25/h10,16,18-19H,2-9,11-15,17H2,1H3/t19-/m1/s1. The molecular formula is C22H35N5O2. The van der Waals surface area contributed by atoms with Crippen LogP contribution in [0.5, 0.6) is 0 Å². The van der Waals surface area contributed by atoms with Gasteiger partial charge in [0, 0.05) is 51.5 Å². The van der Waals surface area contributed by atoms with E-state index in [4.69, 9.17) is 0 Å². The molecule has 0 saturated carbocycles. The third kappa shape index (κ3) is 4.65. The van der Waals surface area contributed by atoms with E-state index in [1.807, 2.05) is 12.5 Å². The van der Waals surface area contributed by atoms with Crippen molar-refractivity contribution in [3.8, 4) is 0 Å². The summed E-state index contributed by atoms with van der Waals surface area (Å²) in [5.74, 6) is 0.620. The van der Waals surface area contributed by atoms with E-state index in [1.165, 1.54) is 6.42 Å². The average Bonchev–Trinajstić information content (AvgIpc) is 3.25. The van der Waals surface area contributed by atoms with Crippen molar-refractivity contribution >= 4 is 11.8 Å². The highest BCUT2D eigenvalue weighted by Gasteiger charge is 2.42. The number of carbonyl (C=O) groups is 2. The molecule has 0 unspecified atom stereocenters. The first-order valence-electron chi connectivity index (χ1n) is 11.3. The first-order valence-corrected chi connectivity index (χ1v) is 11.3. The maximum atomic E-state index is 13.0. The van der Waals surface area contributed by atoms with Crippen molar-refractivity contribution in [3.05, 3.63) is 18.7 Å². The van der Waals surface area contributed by atoms with Crippen LogP contribution in [-0.2, 0) is 16.1 Å². The van der Waals surface area contributed by atoms with Crippen LogP contribution in [0, 0.1) is 5.41 Å². The van der Waals surface area contributed by atoms with Gasteiger partial charge in [-0.3, -0.25) is 14.5 Å². The Hall–Kier alpha value is -1.89. The molecule has 0 bridgehead atoms. The van der Waals surface area contributed by atoms with E-state index in [1.54, 1.807) is 6.20 Å². The summed E-state index contributed by atoms with van der Waals surface area (Å²) in [7, 11) is 2.08. The molecule has 160 valence electrons. The Labute approximate surface area is 174 Å². The lowest BCUT2D eigenvalue weighted by molar-refractivity contribution is -0.145. The van der Waals surface area contributed by atoms with Gasteiger partial charge in [0.1, 0.15) is 0 Å². The number of hydrogen-bond donors (Lipinski definition) is 0. The Balaban J connectivity index is 1.29. The van der Waals surface area contributed by atoms with Crippen molar-refractivity contribution in [2.45, 2.75) is 64.0 Å². The van der Waals surface area contributed by atoms with Crippen LogP contribution in [0.2, 0.25) is 0 Å². The quantitative estimate of drug-likeness (QED) is 0.757. The number of likely N-dealkylation sites (N-methyl/N-ethyl adjacent to an activating group) is 1. The number of aromatic nitrogens is 2. The number of amides is 2. The second-order valence-corrected chi connectivity index (χ2v) is 9.29. The molecule has 0 radical (unpaired) electrons. The predicted molar refractivity (Wildman–Crippen MR) is 111 cm³/mol. The Morgan fingerprint density at radius 2 is 2.00 bits per heavy atom. The lowest BCUT2D eigenvalue weighted by Gasteiger charge is -2.48. The molecule has 7 heteroatoms. The van der Waals surface area contributed by atoms with Crippen LogP contribution >= 0.6 is 0 Å². The summed E-state index contributed by atoms with van der Waals surface area (Å²) in [6.45, 7) is 5.30. The fourth-order valence-electron chi connectivity index (χ4n) is 5.38. The number of nitrogens with zero attached hydrogens (tertiary/aromatic N) is 5. The van der Waals surface area contributed by atoms with E-state index >= 15 is 0 Å². The molecule has 1 aromatic heterocycles. The third-order valence-corrected chi connectivity index (χ3v) is 7.34. The van der Waals surface area contributed by atoms with E-state index in [0.29, 0.717) is 18.2 Å². The normalized spacial score (nSPS) is 25.6. The molecule has 3 saturated heterocycles. The van der Waals surface area contributed by atoms with Gasteiger partial charge in [0.15, 0.2) is 0 Å². The summed E-state index contributed by atoms with van der Waals surface area (Å²) >= 11 is 0. The first-order chi connectivity index (χ1) is 14.1. The van der Waals surface area contributed by atoms with Crippen molar-refractivity contribution in [1.29, 1.82) is 0 Å². The average molecular weight is 402 g/mol. The summed E-state index contributed by atoms with van der Waals surface area (Å²) < 4.78 is 2.07. The molecule has 1 atom stereocenters. The Morgan fingerprint density at radius 3 is 2.72 bits per heavy atom. The second kappa shape index (κ2) is 8.86. The molecule has 29 heavy (non-hydrogen) atoms. The van der Waals surface area contributed by atoms with Gasteiger partial charge in [-0.05, 0) is 57.5 Å². The smallest absolute Gasteiger partial charge is 0.239 e. The van der Waals surface area contributed by atoms with Crippen LogP contribution in [0.15, 0.2) is 18.7 Å². The molecule has 3 aliphatic rings. The van der Waals surface area contributed by atoms with E-state index in [2.05, 4.69) is 31.3 Å². The maximum Gasteiger partial charge on any atom is 0.239 e. The predicted octanol–water partition coefficient (Wildman–Crippen LogP) is 1.99. The Bertz CT molecular complexity index is 696. The first kappa shape index (κ1) is 20.4. The molecule has 3 fully saturated rings. The third-order valence-electron chi connectivity index (χ3n) is 7.34. The largest absolute Gasteiger partial charge is 0.342 e. The van der Waals surface area contributed by atoms with Crippen LogP contribution in [0.3, 0.4) is 0 Å². The minimum absolute atomic E-state index is 0.0745. The topological polar surface area (TPSA) is 61.7 Å². The Morgan fingerprint density at radius 1 is 1.17 bits per heavy atom. The van der Waals surface area contributed by atoms with E-state index in [-0.39, 0.29) is 11.5 Å². The van der Waals surface area contributed by atoms with Crippen molar-refractivity contribution < 1.29 is 9.59 Å². The number of rotatable bonds is 5. The zero-order valence-electron chi connectivity index (χ0n) is 17.8. The summed E-state index contributed by atoms with van der Waals surface area (Å²) in [4.78, 5) is 36.0. The molecule has 4 heterocycles. The summed E-state index contributed by atoms with van der Waals surface area (Å²) in [5.41, 5.74) is 0.207. The zero-order valence-corrected chi connectivity index (χ0v) is 17.8. The van der Waals surface area contributed by atoms with Crippen LogP contribution in [0.4, 0.5) is 0 Å². The number of imidazole rings is 1. The second-order valence-electron chi connectivity index (χ2n) is 9.29. The fraction of sp³-hybridized carbons (Fsp3) is 0.773. The van der Waals surface area contributed by atoms with Gasteiger partial charge in [-0.1, -0.05) is 6.42 Å². The van der Waals surface area contributed by atoms with Crippen molar-refractivity contribution in [1.82, 2.24) is 24.3 Å². The Kier molecular flexibility index (Phi) is 6.23. The van der Waals surface area contributed by atoms with Gasteiger partial charge >= 0.3 is 0 Å². The number of likely N-dealkylation sites (tertiary alicyclic amines) is 3. The van der Waals surface area contributed by atoms with Crippen molar-refractivity contribution in [2.24, 2.45) is 5.41 Å². The van der Waals surface area contributed by atoms with Crippen LogP contribution in [0.1, 0.15) is 51.4 Å². The molecule has 1 spiro atoms. The number of piperidine rings is 3. The van der Waals surface area contributed by atoms with Crippen LogP contribution in [0.25, 0.3) is 0 Å². The minimum atomic E-state index is 0.0745. The van der Waals surface area contributed by atoms with Gasteiger partial charge in [-0.15, -0.1) is 0 Å². The van der Waals surface area contributed by atoms with E-state index in [9.17, 15) is 9.59 Å². The van der Waals surface area contributed by atoms with Crippen molar-refractivity contribution in [3.63, 3.8) is 0 Å². The monoisotopic (exact) mass is 401 g/mol. The molecule has 3 aliphatic heterocycles. The van der Waals surface area contributed by atoms with Gasteiger partial charge < -0.3 is 14.4 Å². The number of carbonyl (C=O) groups excluding carboxylic acids is 2. The maximum absolute atomic E-state index is 13.0. The lowest BCUT2D eigenvalue weighted by Crippen LogP contribution is -2.55. The van der Waals surface area contributed by atoms with Gasteiger partial charge in [0.05, 0.1) is 12.4 Å². The molecule has 4 rings (SSSR count). The molecule has 2 amide bonds. The highest BCUT2D eigenvalue weighted by molar-refractivity contribution is 5.82.